The predicted molar refractivity (Wildman–Crippen MR) is 88.2 cm³/mol. The highest BCUT2D eigenvalue weighted by Gasteiger charge is 2.20. The Kier molecular flexibility index (Phi) is 9.27. The van der Waals surface area contributed by atoms with Crippen LogP contribution in [-0.2, 0) is 5.54 Å². The van der Waals surface area contributed by atoms with Gasteiger partial charge in [0.2, 0.25) is 0 Å². The number of nitrogens with zero attached hydrogens (tertiary/aromatic N) is 4. The van der Waals surface area contributed by atoms with E-state index in [-0.39, 0.29) is 5.54 Å². The number of aromatic nitrogens is 4. The SMILES string of the molecule is CCCCCCCCCCCCCC(C)(C)n1cnnn1. The van der Waals surface area contributed by atoms with Gasteiger partial charge in [0.05, 0.1) is 5.54 Å². The summed E-state index contributed by atoms with van der Waals surface area (Å²) < 4.78 is 1.88. The lowest BCUT2D eigenvalue weighted by Crippen LogP contribution is -2.26. The Hall–Kier alpha value is -0.930. The van der Waals surface area contributed by atoms with Crippen molar-refractivity contribution in [2.45, 2.75) is 103 Å². The summed E-state index contributed by atoms with van der Waals surface area (Å²) in [7, 11) is 0. The van der Waals surface area contributed by atoms with Gasteiger partial charge in [-0.25, -0.2) is 4.68 Å². The van der Waals surface area contributed by atoms with E-state index in [0.29, 0.717) is 0 Å². The maximum atomic E-state index is 4.01. The minimum Gasteiger partial charge on any atom is -0.227 e. The second-order valence-corrected chi connectivity index (χ2v) is 6.85. The van der Waals surface area contributed by atoms with Crippen LogP contribution in [-0.4, -0.2) is 20.2 Å². The lowest BCUT2D eigenvalue weighted by atomic mass is 9.96. The van der Waals surface area contributed by atoms with E-state index in [1.165, 1.54) is 70.6 Å². The van der Waals surface area contributed by atoms with Gasteiger partial charge in [-0.15, -0.1) is 5.10 Å². The monoisotopic (exact) mass is 294 g/mol. The molecule has 0 atom stereocenters. The largest absolute Gasteiger partial charge is 0.227 e. The van der Waals surface area contributed by atoms with E-state index in [4.69, 9.17) is 0 Å². The van der Waals surface area contributed by atoms with Gasteiger partial charge in [-0.05, 0) is 30.7 Å². The molecule has 0 saturated carbocycles. The Bertz CT molecular complexity index is 333. The first-order chi connectivity index (χ1) is 10.2. The second kappa shape index (κ2) is 10.7. The summed E-state index contributed by atoms with van der Waals surface area (Å²) in [4.78, 5) is 0. The molecule has 0 fully saturated rings. The molecular formula is C17H34N4. The van der Waals surface area contributed by atoms with E-state index >= 15 is 0 Å². The van der Waals surface area contributed by atoms with Crippen LogP contribution in [0.4, 0.5) is 0 Å². The van der Waals surface area contributed by atoms with Gasteiger partial charge in [0.15, 0.2) is 0 Å². The van der Waals surface area contributed by atoms with Gasteiger partial charge in [-0.1, -0.05) is 77.6 Å². The van der Waals surface area contributed by atoms with Crippen molar-refractivity contribution in [1.82, 2.24) is 20.2 Å². The summed E-state index contributed by atoms with van der Waals surface area (Å²) in [5.74, 6) is 0. The molecule has 1 rings (SSSR count). The van der Waals surface area contributed by atoms with E-state index < -0.39 is 0 Å². The molecule has 1 heterocycles. The van der Waals surface area contributed by atoms with Gasteiger partial charge >= 0.3 is 0 Å². The average molecular weight is 294 g/mol. The minimum atomic E-state index is 0.0444. The van der Waals surface area contributed by atoms with Crippen LogP contribution in [0.15, 0.2) is 6.33 Å². The number of hydrogen-bond donors (Lipinski definition) is 0. The molecule has 1 aromatic heterocycles. The molecule has 0 aromatic carbocycles. The Balaban J connectivity index is 1.91. The van der Waals surface area contributed by atoms with Gasteiger partial charge in [0, 0.05) is 0 Å². The molecule has 0 radical (unpaired) electrons. The third-order valence-corrected chi connectivity index (χ3v) is 4.36. The molecule has 0 saturated heterocycles. The van der Waals surface area contributed by atoms with E-state index in [1.807, 2.05) is 4.68 Å². The quantitative estimate of drug-likeness (QED) is 0.475. The lowest BCUT2D eigenvalue weighted by molar-refractivity contribution is 0.278. The molecular weight excluding hydrogens is 260 g/mol. The van der Waals surface area contributed by atoms with Crippen molar-refractivity contribution in [3.63, 3.8) is 0 Å². The average Bonchev–Trinajstić information content (AvgIpc) is 3.00. The number of rotatable bonds is 13. The van der Waals surface area contributed by atoms with E-state index in [2.05, 4.69) is 36.3 Å². The molecule has 0 N–H and O–H groups in total. The van der Waals surface area contributed by atoms with Gasteiger partial charge in [0.25, 0.3) is 0 Å². The molecule has 0 aliphatic rings. The van der Waals surface area contributed by atoms with Crippen LogP contribution >= 0.6 is 0 Å². The highest BCUT2D eigenvalue weighted by molar-refractivity contribution is 4.74. The van der Waals surface area contributed by atoms with Crippen LogP contribution in [0, 0.1) is 0 Å². The smallest absolute Gasteiger partial charge is 0.138 e. The summed E-state index contributed by atoms with van der Waals surface area (Å²) in [5.41, 5.74) is 0.0444. The van der Waals surface area contributed by atoms with Crippen LogP contribution < -0.4 is 0 Å². The molecule has 21 heavy (non-hydrogen) atoms. The summed E-state index contributed by atoms with van der Waals surface area (Å²) in [6, 6.07) is 0. The van der Waals surface area contributed by atoms with Crippen LogP contribution in [0.25, 0.3) is 0 Å². The first-order valence-corrected chi connectivity index (χ1v) is 8.90. The van der Waals surface area contributed by atoms with Crippen LogP contribution in [0.3, 0.4) is 0 Å². The van der Waals surface area contributed by atoms with Gasteiger partial charge in [-0.3, -0.25) is 0 Å². The lowest BCUT2D eigenvalue weighted by Gasteiger charge is -2.23. The van der Waals surface area contributed by atoms with Crippen molar-refractivity contribution < 1.29 is 0 Å². The van der Waals surface area contributed by atoms with Crippen molar-refractivity contribution in [3.8, 4) is 0 Å². The molecule has 122 valence electrons. The van der Waals surface area contributed by atoms with Crippen molar-refractivity contribution in [2.75, 3.05) is 0 Å². The van der Waals surface area contributed by atoms with Crippen molar-refractivity contribution >= 4 is 0 Å². The van der Waals surface area contributed by atoms with Crippen LogP contribution in [0.2, 0.25) is 0 Å². The number of unbranched alkanes of at least 4 members (excludes halogenated alkanes) is 10. The van der Waals surface area contributed by atoms with Crippen molar-refractivity contribution in [3.05, 3.63) is 6.33 Å². The van der Waals surface area contributed by atoms with Gasteiger partial charge < -0.3 is 0 Å². The zero-order valence-electron chi connectivity index (χ0n) is 14.4. The Morgan fingerprint density at radius 3 is 1.81 bits per heavy atom. The maximum Gasteiger partial charge on any atom is 0.138 e. The van der Waals surface area contributed by atoms with Gasteiger partial charge in [0.1, 0.15) is 6.33 Å². The summed E-state index contributed by atoms with van der Waals surface area (Å²) in [6.07, 6.45) is 18.2. The number of hydrogen-bond acceptors (Lipinski definition) is 3. The zero-order chi connectivity index (χ0) is 15.4. The van der Waals surface area contributed by atoms with E-state index in [0.717, 1.165) is 6.42 Å². The molecule has 0 amide bonds. The van der Waals surface area contributed by atoms with Crippen molar-refractivity contribution in [1.29, 1.82) is 0 Å². The molecule has 0 bridgehead atoms. The molecule has 0 spiro atoms. The zero-order valence-corrected chi connectivity index (χ0v) is 14.4. The fourth-order valence-electron chi connectivity index (χ4n) is 2.78. The third-order valence-electron chi connectivity index (χ3n) is 4.36. The highest BCUT2D eigenvalue weighted by atomic mass is 15.5. The topological polar surface area (TPSA) is 43.6 Å². The molecule has 0 aliphatic carbocycles. The van der Waals surface area contributed by atoms with E-state index in [9.17, 15) is 0 Å². The standard InChI is InChI=1S/C17H34N4/c1-4-5-6-7-8-9-10-11-12-13-14-15-17(2,3)21-16-18-19-20-21/h16H,4-15H2,1-3H3. The molecule has 4 heteroatoms. The second-order valence-electron chi connectivity index (χ2n) is 6.85. The minimum absolute atomic E-state index is 0.0444. The predicted octanol–water partition coefficient (Wildman–Crippen LogP) is 5.11. The van der Waals surface area contributed by atoms with Crippen molar-refractivity contribution in [2.24, 2.45) is 0 Å². The normalized spacial score (nSPS) is 12.0. The Labute approximate surface area is 130 Å². The fourth-order valence-corrected chi connectivity index (χ4v) is 2.78. The summed E-state index contributed by atoms with van der Waals surface area (Å²) in [6.45, 7) is 6.69. The Morgan fingerprint density at radius 1 is 0.810 bits per heavy atom. The van der Waals surface area contributed by atoms with Gasteiger partial charge in [-0.2, -0.15) is 0 Å². The summed E-state index contributed by atoms with van der Waals surface area (Å²) >= 11 is 0. The maximum absolute atomic E-state index is 4.01. The Morgan fingerprint density at radius 2 is 1.33 bits per heavy atom. The molecule has 4 nitrogen and oxygen atoms in total. The highest BCUT2D eigenvalue weighted by Crippen LogP contribution is 2.21. The summed E-state index contributed by atoms with van der Waals surface area (Å²) in [5, 5.41) is 11.5. The van der Waals surface area contributed by atoms with Crippen LogP contribution in [0.1, 0.15) is 97.8 Å². The van der Waals surface area contributed by atoms with Crippen LogP contribution in [0.5, 0.6) is 0 Å². The molecule has 0 aliphatic heterocycles. The third kappa shape index (κ3) is 8.18. The first-order valence-electron chi connectivity index (χ1n) is 8.90. The van der Waals surface area contributed by atoms with E-state index in [1.54, 1.807) is 6.33 Å². The molecule has 1 aromatic rings. The first kappa shape index (κ1) is 18.1. The number of tetrazole rings is 1. The fraction of sp³-hybridized carbons (Fsp3) is 0.941. The molecule has 0 unspecified atom stereocenters.